The summed E-state index contributed by atoms with van der Waals surface area (Å²) in [7, 11) is -3.35. The fourth-order valence-corrected chi connectivity index (χ4v) is 6.45. The molecule has 1 aromatic rings. The maximum Gasteiger partial charge on any atom is 0.252 e. The van der Waals surface area contributed by atoms with Crippen molar-refractivity contribution in [3.63, 3.8) is 0 Å². The van der Waals surface area contributed by atoms with Gasteiger partial charge < -0.3 is 5.11 Å². The van der Waals surface area contributed by atoms with Crippen LogP contribution in [-0.2, 0) is 16.6 Å². The van der Waals surface area contributed by atoms with E-state index in [0.29, 0.717) is 29.1 Å². The number of hydrogen-bond donors (Lipinski definition) is 1. The molecule has 6 heteroatoms. The summed E-state index contributed by atoms with van der Waals surface area (Å²) in [5, 5.41) is 9.20. The Kier molecular flexibility index (Phi) is 3.45. The molecule has 2 unspecified atom stereocenters. The van der Waals surface area contributed by atoms with Gasteiger partial charge in [0.1, 0.15) is 4.21 Å². The van der Waals surface area contributed by atoms with Crippen molar-refractivity contribution in [2.45, 2.75) is 37.0 Å². The van der Waals surface area contributed by atoms with Crippen LogP contribution in [0.5, 0.6) is 0 Å². The molecule has 2 aliphatic rings. The third-order valence-corrected chi connectivity index (χ3v) is 7.93. The number of rotatable bonds is 3. The zero-order valence-corrected chi connectivity index (χ0v) is 12.6. The smallest absolute Gasteiger partial charge is 0.252 e. The van der Waals surface area contributed by atoms with E-state index in [4.69, 9.17) is 0 Å². The lowest BCUT2D eigenvalue weighted by Crippen LogP contribution is -2.29. The Morgan fingerprint density at radius 2 is 2.00 bits per heavy atom. The minimum atomic E-state index is -3.35. The molecule has 2 atom stereocenters. The molecule has 1 N–H and O–H groups in total. The summed E-state index contributed by atoms with van der Waals surface area (Å²) in [5.41, 5.74) is 0.866. The Hall–Kier alpha value is -0.430. The predicted molar refractivity (Wildman–Crippen MR) is 74.6 cm³/mol. The molecule has 0 aromatic carbocycles. The van der Waals surface area contributed by atoms with E-state index in [1.807, 2.05) is 6.92 Å². The van der Waals surface area contributed by atoms with Crippen LogP contribution in [-0.4, -0.2) is 30.9 Å². The molecule has 0 spiro atoms. The third kappa shape index (κ3) is 2.24. The van der Waals surface area contributed by atoms with Crippen molar-refractivity contribution in [1.82, 2.24) is 4.31 Å². The van der Waals surface area contributed by atoms with Crippen LogP contribution < -0.4 is 0 Å². The van der Waals surface area contributed by atoms with Gasteiger partial charge in [-0.25, -0.2) is 8.42 Å². The van der Waals surface area contributed by atoms with Gasteiger partial charge in [-0.05, 0) is 43.2 Å². The van der Waals surface area contributed by atoms with E-state index in [1.54, 1.807) is 10.4 Å². The lowest BCUT2D eigenvalue weighted by molar-refractivity contribution is 0.285. The average molecular weight is 301 g/mol. The largest absolute Gasteiger partial charge is 0.391 e. The molecule has 1 aliphatic carbocycles. The Labute approximate surface area is 118 Å². The molecular weight excluding hydrogens is 282 g/mol. The van der Waals surface area contributed by atoms with Crippen molar-refractivity contribution >= 4 is 21.4 Å². The number of hydrogen-bond acceptors (Lipinski definition) is 4. The van der Waals surface area contributed by atoms with Crippen LogP contribution >= 0.6 is 11.3 Å². The van der Waals surface area contributed by atoms with Gasteiger partial charge in [-0.1, -0.05) is 6.42 Å². The normalized spacial score (nSPS) is 27.9. The Balaban J connectivity index is 1.86. The first-order valence-electron chi connectivity index (χ1n) is 6.72. The van der Waals surface area contributed by atoms with Gasteiger partial charge in [0.25, 0.3) is 10.0 Å². The molecule has 1 aromatic heterocycles. The molecule has 4 nitrogen and oxygen atoms in total. The second kappa shape index (κ2) is 4.84. The summed E-state index contributed by atoms with van der Waals surface area (Å²) in [6.07, 6.45) is 3.58. The van der Waals surface area contributed by atoms with Gasteiger partial charge in [0, 0.05) is 18.0 Å². The molecule has 19 heavy (non-hydrogen) atoms. The average Bonchev–Trinajstić information content (AvgIpc) is 3.00. The summed E-state index contributed by atoms with van der Waals surface area (Å²) >= 11 is 1.20. The van der Waals surface area contributed by atoms with Crippen molar-refractivity contribution in [1.29, 1.82) is 0 Å². The lowest BCUT2D eigenvalue weighted by Gasteiger charge is -2.15. The molecule has 1 saturated carbocycles. The van der Waals surface area contributed by atoms with Gasteiger partial charge in [0.2, 0.25) is 0 Å². The van der Waals surface area contributed by atoms with Crippen molar-refractivity contribution in [2.24, 2.45) is 11.8 Å². The van der Waals surface area contributed by atoms with Crippen LogP contribution in [0.2, 0.25) is 0 Å². The fourth-order valence-electron chi connectivity index (χ4n) is 3.29. The summed E-state index contributed by atoms with van der Waals surface area (Å²) < 4.78 is 27.2. The molecule has 1 saturated heterocycles. The van der Waals surface area contributed by atoms with E-state index in [-0.39, 0.29) is 6.61 Å². The quantitative estimate of drug-likeness (QED) is 0.928. The summed E-state index contributed by atoms with van der Waals surface area (Å²) in [4.78, 5) is 0.748. The minimum Gasteiger partial charge on any atom is -0.391 e. The van der Waals surface area contributed by atoms with Crippen LogP contribution in [0.15, 0.2) is 10.3 Å². The van der Waals surface area contributed by atoms with Crippen molar-refractivity contribution < 1.29 is 13.5 Å². The highest BCUT2D eigenvalue weighted by atomic mass is 32.2. The first-order chi connectivity index (χ1) is 9.02. The van der Waals surface area contributed by atoms with Crippen LogP contribution in [0.25, 0.3) is 0 Å². The summed E-state index contributed by atoms with van der Waals surface area (Å²) in [5.74, 6) is 1.13. The Morgan fingerprint density at radius 3 is 2.53 bits per heavy atom. The van der Waals surface area contributed by atoms with Gasteiger partial charge >= 0.3 is 0 Å². The monoisotopic (exact) mass is 301 g/mol. The number of sulfonamides is 1. The molecular formula is C13H19NO3S2. The van der Waals surface area contributed by atoms with Crippen LogP contribution in [0.4, 0.5) is 0 Å². The fraction of sp³-hybridized carbons (Fsp3) is 0.692. The Bertz CT molecular complexity index is 567. The Morgan fingerprint density at radius 1 is 1.37 bits per heavy atom. The van der Waals surface area contributed by atoms with Gasteiger partial charge in [-0.15, -0.1) is 11.3 Å². The summed E-state index contributed by atoms with van der Waals surface area (Å²) in [6, 6.07) is 1.69. The molecule has 0 amide bonds. The van der Waals surface area contributed by atoms with Crippen LogP contribution in [0.3, 0.4) is 0 Å². The van der Waals surface area contributed by atoms with Crippen molar-refractivity contribution in [3.05, 3.63) is 16.5 Å². The van der Waals surface area contributed by atoms with E-state index in [2.05, 4.69) is 0 Å². The third-order valence-electron chi connectivity index (χ3n) is 4.43. The van der Waals surface area contributed by atoms with Crippen molar-refractivity contribution in [3.8, 4) is 0 Å². The van der Waals surface area contributed by atoms with Crippen LogP contribution in [0.1, 0.15) is 29.7 Å². The highest BCUT2D eigenvalue weighted by Gasteiger charge is 2.41. The number of aryl methyl sites for hydroxylation is 1. The van der Waals surface area contributed by atoms with E-state index < -0.39 is 10.0 Å². The maximum atomic E-state index is 12.6. The number of aliphatic hydroxyl groups excluding tert-OH is 1. The zero-order valence-electron chi connectivity index (χ0n) is 11.0. The molecule has 2 heterocycles. The predicted octanol–water partition coefficient (Wildman–Crippen LogP) is 1.97. The van der Waals surface area contributed by atoms with Gasteiger partial charge in [-0.3, -0.25) is 0 Å². The molecule has 0 bridgehead atoms. The first kappa shape index (κ1) is 13.5. The second-order valence-corrected chi connectivity index (χ2v) is 8.90. The van der Waals surface area contributed by atoms with E-state index in [1.165, 1.54) is 30.6 Å². The molecule has 0 radical (unpaired) electrons. The van der Waals surface area contributed by atoms with E-state index in [0.717, 1.165) is 10.4 Å². The van der Waals surface area contributed by atoms with Gasteiger partial charge in [0.05, 0.1) is 6.61 Å². The molecule has 2 fully saturated rings. The first-order valence-corrected chi connectivity index (χ1v) is 8.98. The standard InChI is InChI=1S/C13H19NO3S2/c1-9-5-13(18-12(9)8-15)19(16,17)14-6-10-3-2-4-11(10)7-14/h5,10-11,15H,2-4,6-8H2,1H3. The number of fused-ring (bicyclic) bond motifs is 1. The summed E-state index contributed by atoms with van der Waals surface area (Å²) in [6.45, 7) is 3.12. The number of nitrogens with zero attached hydrogens (tertiary/aromatic N) is 1. The van der Waals surface area contributed by atoms with Gasteiger partial charge in [0.15, 0.2) is 0 Å². The molecule has 106 valence electrons. The van der Waals surface area contributed by atoms with Crippen molar-refractivity contribution in [2.75, 3.05) is 13.1 Å². The zero-order chi connectivity index (χ0) is 13.6. The second-order valence-electron chi connectivity index (χ2n) is 5.60. The highest BCUT2D eigenvalue weighted by Crippen LogP contribution is 2.40. The minimum absolute atomic E-state index is 0.0860. The lowest BCUT2D eigenvalue weighted by atomic mass is 10.0. The molecule has 1 aliphatic heterocycles. The van der Waals surface area contributed by atoms with E-state index in [9.17, 15) is 13.5 Å². The number of aliphatic hydroxyl groups is 1. The maximum absolute atomic E-state index is 12.6. The van der Waals surface area contributed by atoms with Crippen LogP contribution in [0, 0.1) is 18.8 Å². The van der Waals surface area contributed by atoms with E-state index >= 15 is 0 Å². The van der Waals surface area contributed by atoms with Gasteiger partial charge in [-0.2, -0.15) is 4.31 Å². The number of thiophene rings is 1. The highest BCUT2D eigenvalue weighted by molar-refractivity contribution is 7.91. The molecule has 3 rings (SSSR count). The topological polar surface area (TPSA) is 57.6 Å². The SMILES string of the molecule is Cc1cc(S(=O)(=O)N2CC3CCCC3C2)sc1CO.